The molecule has 15 heavy (non-hydrogen) atoms. The first-order chi connectivity index (χ1) is 7.08. The van der Waals surface area contributed by atoms with Crippen molar-refractivity contribution in [1.29, 1.82) is 0 Å². The van der Waals surface area contributed by atoms with Gasteiger partial charge >= 0.3 is 0 Å². The van der Waals surface area contributed by atoms with Gasteiger partial charge in [0, 0.05) is 5.56 Å². The molecule has 0 aliphatic heterocycles. The molecule has 0 heterocycles. The maximum Gasteiger partial charge on any atom is 0.177 e. The van der Waals surface area contributed by atoms with Gasteiger partial charge in [0.1, 0.15) is 0 Å². The van der Waals surface area contributed by atoms with Crippen molar-refractivity contribution in [3.05, 3.63) is 21.7 Å². The van der Waals surface area contributed by atoms with E-state index in [9.17, 15) is 10.2 Å². The zero-order valence-electron chi connectivity index (χ0n) is 9.39. The van der Waals surface area contributed by atoms with Crippen LogP contribution in [0, 0.1) is 0 Å². The smallest absolute Gasteiger partial charge is 0.177 e. The zero-order chi connectivity index (χ0) is 11.6. The van der Waals surface area contributed by atoms with Gasteiger partial charge in [-0.3, -0.25) is 0 Å². The highest BCUT2D eigenvalue weighted by atomic mass is 35.5. The van der Waals surface area contributed by atoms with E-state index < -0.39 is 0 Å². The van der Waals surface area contributed by atoms with Crippen LogP contribution >= 0.6 is 11.6 Å². The van der Waals surface area contributed by atoms with Crippen LogP contribution in [0.4, 0.5) is 0 Å². The fourth-order valence-electron chi connectivity index (χ4n) is 2.02. The van der Waals surface area contributed by atoms with E-state index in [0.29, 0.717) is 11.4 Å². The summed E-state index contributed by atoms with van der Waals surface area (Å²) in [4.78, 5) is 0. The Hall–Kier alpha value is -0.890. The largest absolute Gasteiger partial charge is 0.504 e. The summed E-state index contributed by atoms with van der Waals surface area (Å²) in [5.74, 6) is -0.237. The molecule has 0 saturated carbocycles. The Balaban J connectivity index is 3.59. The lowest BCUT2D eigenvalue weighted by Crippen LogP contribution is -2.00. The number of benzene rings is 1. The average molecular weight is 229 g/mol. The van der Waals surface area contributed by atoms with E-state index >= 15 is 0 Å². The lowest BCUT2D eigenvalue weighted by Gasteiger charge is -2.16. The van der Waals surface area contributed by atoms with Crippen LogP contribution in [0.15, 0.2) is 0 Å². The summed E-state index contributed by atoms with van der Waals surface area (Å²) >= 11 is 6.00. The topological polar surface area (TPSA) is 40.5 Å². The van der Waals surface area contributed by atoms with Gasteiger partial charge in [-0.2, -0.15) is 0 Å². The molecule has 0 aliphatic carbocycles. The van der Waals surface area contributed by atoms with Crippen LogP contribution in [0.25, 0.3) is 0 Å². The standard InChI is InChI=1S/C12H17ClO2/c1-4-7-8(5-2)10(13)12(15)11(14)9(7)6-3/h14-15H,4-6H2,1-3H3. The van der Waals surface area contributed by atoms with E-state index in [-0.39, 0.29) is 11.5 Å². The SMILES string of the molecule is CCc1c(O)c(O)c(Cl)c(CC)c1CC. The Kier molecular flexibility index (Phi) is 3.86. The third-order valence-corrected chi connectivity index (χ3v) is 3.18. The summed E-state index contributed by atoms with van der Waals surface area (Å²) in [5, 5.41) is 19.7. The molecule has 0 fully saturated rings. The van der Waals surface area contributed by atoms with Gasteiger partial charge in [-0.1, -0.05) is 32.4 Å². The van der Waals surface area contributed by atoms with E-state index in [4.69, 9.17) is 11.6 Å². The van der Waals surface area contributed by atoms with Gasteiger partial charge in [0.15, 0.2) is 11.5 Å². The second-order valence-electron chi connectivity index (χ2n) is 3.51. The molecule has 2 nitrogen and oxygen atoms in total. The van der Waals surface area contributed by atoms with Crippen molar-refractivity contribution in [3.8, 4) is 11.5 Å². The summed E-state index contributed by atoms with van der Waals surface area (Å²) in [6, 6.07) is 0. The van der Waals surface area contributed by atoms with Gasteiger partial charge in [-0.05, 0) is 30.4 Å². The first kappa shape index (κ1) is 12.2. The molecule has 0 radical (unpaired) electrons. The maximum absolute atomic E-state index is 9.78. The Bertz CT molecular complexity index is 341. The van der Waals surface area contributed by atoms with Crippen molar-refractivity contribution < 1.29 is 10.2 Å². The van der Waals surface area contributed by atoms with Gasteiger partial charge < -0.3 is 10.2 Å². The highest BCUT2D eigenvalue weighted by Crippen LogP contribution is 2.42. The molecule has 0 saturated heterocycles. The van der Waals surface area contributed by atoms with E-state index in [1.165, 1.54) is 0 Å². The van der Waals surface area contributed by atoms with Crippen molar-refractivity contribution in [2.45, 2.75) is 40.0 Å². The van der Waals surface area contributed by atoms with E-state index in [0.717, 1.165) is 29.5 Å². The number of halogens is 1. The second-order valence-corrected chi connectivity index (χ2v) is 3.89. The molecule has 0 unspecified atom stereocenters. The van der Waals surface area contributed by atoms with Crippen LogP contribution in [0.3, 0.4) is 0 Å². The number of hydrogen-bond donors (Lipinski definition) is 2. The second kappa shape index (κ2) is 4.75. The van der Waals surface area contributed by atoms with Crippen LogP contribution in [0.1, 0.15) is 37.5 Å². The van der Waals surface area contributed by atoms with Crippen molar-refractivity contribution in [1.82, 2.24) is 0 Å². The van der Waals surface area contributed by atoms with Crippen LogP contribution in [-0.4, -0.2) is 10.2 Å². The fraction of sp³-hybridized carbons (Fsp3) is 0.500. The minimum absolute atomic E-state index is 0.0587. The Morgan fingerprint density at radius 3 is 1.67 bits per heavy atom. The normalized spacial score (nSPS) is 10.7. The van der Waals surface area contributed by atoms with Gasteiger partial charge in [-0.25, -0.2) is 0 Å². The maximum atomic E-state index is 9.78. The third-order valence-electron chi connectivity index (χ3n) is 2.77. The molecule has 2 N–H and O–H groups in total. The zero-order valence-corrected chi connectivity index (χ0v) is 10.1. The number of rotatable bonds is 3. The highest BCUT2D eigenvalue weighted by Gasteiger charge is 2.19. The Morgan fingerprint density at radius 2 is 1.27 bits per heavy atom. The summed E-state index contributed by atoms with van der Waals surface area (Å²) < 4.78 is 0. The van der Waals surface area contributed by atoms with Crippen LogP contribution in [0.5, 0.6) is 11.5 Å². The molecule has 0 atom stereocenters. The summed E-state index contributed by atoms with van der Waals surface area (Å²) in [6.07, 6.45) is 2.29. The van der Waals surface area contributed by atoms with Gasteiger partial charge in [0.05, 0.1) is 5.02 Å². The van der Waals surface area contributed by atoms with Crippen LogP contribution in [0.2, 0.25) is 5.02 Å². The summed E-state index contributed by atoms with van der Waals surface area (Å²) in [6.45, 7) is 5.98. The first-order valence-electron chi connectivity index (χ1n) is 5.32. The van der Waals surface area contributed by atoms with E-state index in [1.807, 2.05) is 20.8 Å². The number of phenols is 2. The summed E-state index contributed by atoms with van der Waals surface area (Å²) in [5.41, 5.74) is 2.84. The molecule has 0 bridgehead atoms. The van der Waals surface area contributed by atoms with Gasteiger partial charge in [-0.15, -0.1) is 0 Å². The molecule has 0 aliphatic rings. The lowest BCUT2D eigenvalue weighted by molar-refractivity contribution is 0.398. The minimum atomic E-state index is -0.178. The van der Waals surface area contributed by atoms with Crippen molar-refractivity contribution in [3.63, 3.8) is 0 Å². The van der Waals surface area contributed by atoms with Crippen LogP contribution in [-0.2, 0) is 19.3 Å². The Labute approximate surface area is 95.5 Å². The molecule has 0 aromatic heterocycles. The van der Waals surface area contributed by atoms with Crippen LogP contribution < -0.4 is 0 Å². The predicted molar refractivity (Wildman–Crippen MR) is 62.9 cm³/mol. The van der Waals surface area contributed by atoms with E-state index in [2.05, 4.69) is 0 Å². The molecule has 1 aromatic carbocycles. The number of aromatic hydroxyl groups is 2. The molecule has 3 heteroatoms. The molecule has 1 aromatic rings. The third kappa shape index (κ3) is 1.91. The van der Waals surface area contributed by atoms with E-state index in [1.54, 1.807) is 0 Å². The average Bonchev–Trinajstić information content (AvgIpc) is 2.25. The predicted octanol–water partition coefficient (Wildman–Crippen LogP) is 3.44. The van der Waals surface area contributed by atoms with Crippen molar-refractivity contribution in [2.24, 2.45) is 0 Å². The molecule has 0 amide bonds. The van der Waals surface area contributed by atoms with Gasteiger partial charge in [0.25, 0.3) is 0 Å². The summed E-state index contributed by atoms with van der Waals surface area (Å²) in [7, 11) is 0. The monoisotopic (exact) mass is 228 g/mol. The number of phenolic OH excluding ortho intramolecular Hbond substituents is 2. The van der Waals surface area contributed by atoms with Crippen molar-refractivity contribution in [2.75, 3.05) is 0 Å². The molecule has 0 spiro atoms. The van der Waals surface area contributed by atoms with Crippen molar-refractivity contribution >= 4 is 11.6 Å². The molecular formula is C12H17ClO2. The Morgan fingerprint density at radius 1 is 0.800 bits per heavy atom. The molecule has 84 valence electrons. The lowest BCUT2D eigenvalue weighted by atomic mass is 9.94. The number of hydrogen-bond acceptors (Lipinski definition) is 2. The minimum Gasteiger partial charge on any atom is -0.504 e. The highest BCUT2D eigenvalue weighted by molar-refractivity contribution is 6.33. The quantitative estimate of drug-likeness (QED) is 0.779. The van der Waals surface area contributed by atoms with Gasteiger partial charge in [0.2, 0.25) is 0 Å². The first-order valence-corrected chi connectivity index (χ1v) is 5.70. The molecular weight excluding hydrogens is 212 g/mol. The fourth-order valence-corrected chi connectivity index (χ4v) is 2.36. The molecule has 1 rings (SSSR count).